The fraction of sp³-hybridized carbons (Fsp3) is 0.387. The average Bonchev–Trinajstić information content (AvgIpc) is 3.39. The van der Waals surface area contributed by atoms with Crippen LogP contribution in [0.15, 0.2) is 55.0 Å². The van der Waals surface area contributed by atoms with Crippen LogP contribution in [0.2, 0.25) is 0 Å². The molecule has 0 spiro atoms. The number of aromatic amines is 1. The van der Waals surface area contributed by atoms with Crippen LogP contribution in [0.25, 0.3) is 22.2 Å². The number of pyridine rings is 2. The first-order chi connectivity index (χ1) is 19.6. The second-order valence-corrected chi connectivity index (χ2v) is 10.7. The van der Waals surface area contributed by atoms with Crippen LogP contribution < -0.4 is 20.3 Å². The molecule has 0 unspecified atom stereocenters. The van der Waals surface area contributed by atoms with Crippen molar-refractivity contribution in [2.45, 2.75) is 25.7 Å². The predicted octanol–water partition coefficient (Wildman–Crippen LogP) is 4.85. The van der Waals surface area contributed by atoms with Gasteiger partial charge in [0.25, 0.3) is 0 Å². The van der Waals surface area contributed by atoms with Crippen molar-refractivity contribution in [1.82, 2.24) is 25.2 Å². The van der Waals surface area contributed by atoms with E-state index in [1.54, 1.807) is 0 Å². The second kappa shape index (κ2) is 12.1. The van der Waals surface area contributed by atoms with E-state index in [9.17, 15) is 4.79 Å². The Bertz CT molecular complexity index is 1480. The van der Waals surface area contributed by atoms with Crippen molar-refractivity contribution in [3.05, 3.63) is 60.6 Å². The third-order valence-electron chi connectivity index (χ3n) is 7.75. The number of carbonyl (C=O) groups excluding carboxylic acids is 1. The molecule has 2 aliphatic rings. The number of piperazine rings is 1. The Morgan fingerprint density at radius 3 is 2.70 bits per heavy atom. The molecule has 0 atom stereocenters. The molecule has 0 saturated carbocycles. The van der Waals surface area contributed by atoms with Gasteiger partial charge in [0.1, 0.15) is 17.2 Å². The first kappa shape index (κ1) is 26.3. The predicted molar refractivity (Wildman–Crippen MR) is 160 cm³/mol. The van der Waals surface area contributed by atoms with Gasteiger partial charge in [-0.3, -0.25) is 4.79 Å². The van der Waals surface area contributed by atoms with Crippen LogP contribution in [-0.4, -0.2) is 78.6 Å². The molecule has 3 aromatic heterocycles. The molecule has 208 valence electrons. The summed E-state index contributed by atoms with van der Waals surface area (Å²) in [6.07, 6.45) is 8.99. The largest absolute Gasteiger partial charge is 0.493 e. The zero-order chi connectivity index (χ0) is 27.3. The minimum atomic E-state index is 0.141. The molecule has 0 aliphatic carbocycles. The number of aromatic nitrogens is 3. The van der Waals surface area contributed by atoms with Crippen molar-refractivity contribution in [3.63, 3.8) is 0 Å². The number of hydrogen-bond acceptors (Lipinski definition) is 8. The first-order valence-corrected chi connectivity index (χ1v) is 14.3. The molecular weight excluding hydrogens is 502 g/mol. The number of H-pyrrole nitrogens is 1. The van der Waals surface area contributed by atoms with Crippen LogP contribution in [0.3, 0.4) is 0 Å². The summed E-state index contributed by atoms with van der Waals surface area (Å²) in [6.45, 7) is 6.46. The van der Waals surface area contributed by atoms with Crippen LogP contribution >= 0.6 is 0 Å². The third kappa shape index (κ3) is 5.95. The zero-order valence-corrected chi connectivity index (χ0v) is 23.1. The van der Waals surface area contributed by atoms with E-state index in [1.165, 1.54) is 0 Å². The van der Waals surface area contributed by atoms with Gasteiger partial charge in [-0.15, -0.1) is 0 Å². The van der Waals surface area contributed by atoms with Gasteiger partial charge in [0, 0.05) is 67.7 Å². The summed E-state index contributed by atoms with van der Waals surface area (Å²) in [5.41, 5.74) is 5.36. The van der Waals surface area contributed by atoms with Gasteiger partial charge in [-0.25, -0.2) is 9.97 Å². The summed E-state index contributed by atoms with van der Waals surface area (Å²) < 4.78 is 6.14. The van der Waals surface area contributed by atoms with E-state index in [1.807, 2.05) is 42.9 Å². The van der Waals surface area contributed by atoms with Crippen LogP contribution in [-0.2, 0) is 0 Å². The van der Waals surface area contributed by atoms with Crippen molar-refractivity contribution < 1.29 is 9.53 Å². The number of ether oxygens (including phenoxy) is 1. The molecule has 1 saturated heterocycles. The maximum atomic E-state index is 13.0. The number of carbonyl (C=O) groups is 1. The van der Waals surface area contributed by atoms with Gasteiger partial charge < -0.3 is 30.2 Å². The maximum Gasteiger partial charge on any atom is 0.166 e. The van der Waals surface area contributed by atoms with Gasteiger partial charge in [-0.2, -0.15) is 0 Å². The van der Waals surface area contributed by atoms with E-state index in [0.717, 1.165) is 97.9 Å². The van der Waals surface area contributed by atoms with Crippen LogP contribution in [0, 0.1) is 0 Å². The molecule has 4 aromatic rings. The molecule has 40 heavy (non-hydrogen) atoms. The minimum absolute atomic E-state index is 0.141. The lowest BCUT2D eigenvalue weighted by molar-refractivity contribution is 0.0975. The number of benzene rings is 1. The Labute approximate surface area is 235 Å². The van der Waals surface area contributed by atoms with Crippen molar-refractivity contribution in [1.29, 1.82) is 0 Å². The Kier molecular flexibility index (Phi) is 7.92. The smallest absolute Gasteiger partial charge is 0.166 e. The Hall–Kier alpha value is -3.95. The topological polar surface area (TPSA) is 98.4 Å². The summed E-state index contributed by atoms with van der Waals surface area (Å²) in [5.74, 6) is 1.79. The Morgan fingerprint density at radius 1 is 0.925 bits per heavy atom. The van der Waals surface area contributed by atoms with E-state index in [4.69, 9.17) is 4.74 Å². The standard InChI is InChI=1S/C31H37N7O2/c1-37-12-14-38(15-13-37)30-19-23(8-11-33-30)36-24-18-26-27(21-35-31(26)34-20-24)22-6-7-25-28(39)5-2-3-9-32-10-4-16-40-29(25)17-22/h6-8,11,17-21,32H,2-5,9-10,12-16H2,1H3,(H,33,36)(H,34,35). The number of rotatable bonds is 4. The molecule has 6 rings (SSSR count). The molecule has 1 fully saturated rings. The van der Waals surface area contributed by atoms with Gasteiger partial charge in [0.05, 0.1) is 24.1 Å². The van der Waals surface area contributed by atoms with Crippen LogP contribution in [0.4, 0.5) is 17.2 Å². The SMILES string of the molecule is CN1CCN(c2cc(Nc3cnc4[nH]cc(-c5ccc6c(c5)OCCCNCCCCC6=O)c4c3)ccn2)CC1. The molecule has 3 N–H and O–H groups in total. The molecule has 1 aromatic carbocycles. The van der Waals surface area contributed by atoms with Crippen LogP contribution in [0.5, 0.6) is 5.75 Å². The summed E-state index contributed by atoms with van der Waals surface area (Å²) in [7, 11) is 2.16. The molecule has 0 bridgehead atoms. The number of ketones is 1. The van der Waals surface area contributed by atoms with E-state index in [0.29, 0.717) is 24.3 Å². The van der Waals surface area contributed by atoms with Gasteiger partial charge in [0.15, 0.2) is 5.78 Å². The summed E-state index contributed by atoms with van der Waals surface area (Å²) >= 11 is 0. The second-order valence-electron chi connectivity index (χ2n) is 10.7. The number of Topliss-reactive ketones (excluding diaryl/α,β-unsaturated/α-hetero) is 1. The normalized spacial score (nSPS) is 17.5. The van der Waals surface area contributed by atoms with E-state index < -0.39 is 0 Å². The molecular formula is C31H37N7O2. The first-order valence-electron chi connectivity index (χ1n) is 14.3. The summed E-state index contributed by atoms with van der Waals surface area (Å²) in [6, 6.07) is 12.1. The molecule has 2 aliphatic heterocycles. The molecule has 5 heterocycles. The van der Waals surface area contributed by atoms with Crippen LogP contribution in [0.1, 0.15) is 36.0 Å². The van der Waals surface area contributed by atoms with Crippen molar-refractivity contribution in [2.24, 2.45) is 0 Å². The maximum absolute atomic E-state index is 13.0. The van der Waals surface area contributed by atoms with Gasteiger partial charge >= 0.3 is 0 Å². The fourth-order valence-corrected chi connectivity index (χ4v) is 5.40. The Balaban J connectivity index is 1.26. The number of fused-ring (bicyclic) bond motifs is 2. The number of likely N-dealkylation sites (N-methyl/N-ethyl adjacent to an activating group) is 1. The highest BCUT2D eigenvalue weighted by molar-refractivity contribution is 6.01. The highest BCUT2D eigenvalue weighted by atomic mass is 16.5. The van der Waals surface area contributed by atoms with Gasteiger partial charge in [0.2, 0.25) is 0 Å². The summed E-state index contributed by atoms with van der Waals surface area (Å²) in [4.78, 5) is 30.2. The third-order valence-corrected chi connectivity index (χ3v) is 7.75. The molecule has 9 heteroatoms. The zero-order valence-electron chi connectivity index (χ0n) is 23.1. The quantitative estimate of drug-likeness (QED) is 0.339. The van der Waals surface area contributed by atoms with Crippen molar-refractivity contribution in [3.8, 4) is 16.9 Å². The lowest BCUT2D eigenvalue weighted by Gasteiger charge is -2.33. The lowest BCUT2D eigenvalue weighted by Crippen LogP contribution is -2.44. The average molecular weight is 540 g/mol. The van der Waals surface area contributed by atoms with Crippen molar-refractivity contribution in [2.75, 3.05) is 63.1 Å². The summed E-state index contributed by atoms with van der Waals surface area (Å²) in [5, 5.41) is 7.94. The fourth-order valence-electron chi connectivity index (χ4n) is 5.40. The number of nitrogens with one attached hydrogen (secondary N) is 3. The van der Waals surface area contributed by atoms with E-state index in [2.05, 4.69) is 54.6 Å². The lowest BCUT2D eigenvalue weighted by atomic mass is 9.99. The van der Waals surface area contributed by atoms with E-state index >= 15 is 0 Å². The van der Waals surface area contributed by atoms with Gasteiger partial charge in [-0.1, -0.05) is 6.07 Å². The van der Waals surface area contributed by atoms with Crippen molar-refractivity contribution >= 4 is 34.0 Å². The monoisotopic (exact) mass is 539 g/mol. The van der Waals surface area contributed by atoms with Gasteiger partial charge in [-0.05, 0) is 69.2 Å². The minimum Gasteiger partial charge on any atom is -0.493 e. The molecule has 0 amide bonds. The number of anilines is 3. The highest BCUT2D eigenvalue weighted by Crippen LogP contribution is 2.34. The number of hydrogen-bond donors (Lipinski definition) is 3. The number of nitrogens with zero attached hydrogens (tertiary/aromatic N) is 4. The van der Waals surface area contributed by atoms with E-state index in [-0.39, 0.29) is 5.78 Å². The highest BCUT2D eigenvalue weighted by Gasteiger charge is 2.18. The Morgan fingerprint density at radius 2 is 1.80 bits per heavy atom. The molecule has 0 radical (unpaired) electrons. The molecule has 9 nitrogen and oxygen atoms in total.